The fourth-order valence-electron chi connectivity index (χ4n) is 3.04. The van der Waals surface area contributed by atoms with Gasteiger partial charge in [-0.25, -0.2) is 4.79 Å². The Morgan fingerprint density at radius 2 is 1.24 bits per heavy atom. The van der Waals surface area contributed by atoms with Gasteiger partial charge in [-0.1, -0.05) is 0 Å². The van der Waals surface area contributed by atoms with Gasteiger partial charge in [-0.05, 0) is 32.6 Å². The molecule has 0 aliphatic heterocycles. The van der Waals surface area contributed by atoms with Crippen molar-refractivity contribution in [3.63, 3.8) is 0 Å². The molecule has 18 nitrogen and oxygen atoms in total. The van der Waals surface area contributed by atoms with Crippen LogP contribution in [0.2, 0.25) is 0 Å². The average Bonchev–Trinajstić information content (AvgIpc) is 2.79. The molecule has 0 saturated heterocycles. The second-order valence-electron chi connectivity index (χ2n) is 8.36. The quantitative estimate of drug-likeness (QED) is 0.0435. The first-order chi connectivity index (χ1) is 17.6. The Labute approximate surface area is 219 Å². The minimum Gasteiger partial charge on any atom is -0.480 e. The molecule has 0 aromatic rings. The molecule has 18 heteroatoms. The van der Waals surface area contributed by atoms with Crippen molar-refractivity contribution in [3.8, 4) is 0 Å². The number of nitrogens with two attached hydrogens (primary N) is 6. The number of primary amides is 1. The molecular weight excluding hydrogens is 506 g/mol. The zero-order chi connectivity index (χ0) is 29.4. The van der Waals surface area contributed by atoms with Gasteiger partial charge in [0.05, 0.1) is 18.6 Å². The van der Waals surface area contributed by atoms with Crippen LogP contribution in [0, 0.1) is 0 Å². The number of aliphatic carboxylic acids is 1. The molecule has 0 fully saturated rings. The predicted octanol–water partition coefficient (Wildman–Crippen LogP) is -5.78. The van der Waals surface area contributed by atoms with E-state index in [1.54, 1.807) is 0 Å². The molecule has 4 amide bonds. The van der Waals surface area contributed by atoms with Gasteiger partial charge in [0.2, 0.25) is 23.6 Å². The van der Waals surface area contributed by atoms with Gasteiger partial charge in [-0.15, -0.1) is 0 Å². The van der Waals surface area contributed by atoms with Gasteiger partial charge in [-0.3, -0.25) is 29.2 Å². The molecule has 0 aromatic heterocycles. The third-order valence-corrected chi connectivity index (χ3v) is 4.96. The summed E-state index contributed by atoms with van der Waals surface area (Å²) in [5.74, 6) is -5.29. The Balaban J connectivity index is 5.52. The van der Waals surface area contributed by atoms with Crippen LogP contribution < -0.4 is 50.4 Å². The highest BCUT2D eigenvalue weighted by molar-refractivity contribution is 5.95. The monoisotopic (exact) mass is 545 g/mol. The molecule has 0 aromatic carbocycles. The molecule has 0 radical (unpaired) electrons. The second-order valence-corrected chi connectivity index (χ2v) is 8.36. The number of nitrogens with zero attached hydrogens (tertiary/aromatic N) is 2. The van der Waals surface area contributed by atoms with Gasteiger partial charge in [0.15, 0.2) is 11.9 Å². The maximum atomic E-state index is 13.0. The highest BCUT2D eigenvalue weighted by Gasteiger charge is 2.32. The summed E-state index contributed by atoms with van der Waals surface area (Å²) in [5.41, 5.74) is 31.6. The fraction of sp³-hybridized carbons (Fsp3) is 0.650. The number of carbonyl (C=O) groups excluding carboxylic acids is 4. The Hall–Kier alpha value is -4.19. The third kappa shape index (κ3) is 14.4. The lowest BCUT2D eigenvalue weighted by Gasteiger charge is -2.26. The number of guanidine groups is 2. The molecule has 216 valence electrons. The van der Waals surface area contributed by atoms with Crippen molar-refractivity contribution in [1.82, 2.24) is 16.0 Å². The molecule has 0 spiro atoms. The van der Waals surface area contributed by atoms with E-state index in [0.717, 1.165) is 0 Å². The zero-order valence-electron chi connectivity index (χ0n) is 21.1. The fourth-order valence-corrected chi connectivity index (χ4v) is 3.04. The lowest BCUT2D eigenvalue weighted by atomic mass is 10.1. The second kappa shape index (κ2) is 17.3. The minimum absolute atomic E-state index is 0.0195. The molecule has 0 saturated carbocycles. The predicted molar refractivity (Wildman–Crippen MR) is 137 cm³/mol. The SMILES string of the molecule is CC(O)C(NC(=O)C(CCCN=C(N)N)NC(=O)C(N)CC(N)=O)C(=O)NC(CCCN=C(N)N)C(=O)O. The van der Waals surface area contributed by atoms with E-state index in [1.165, 1.54) is 6.92 Å². The van der Waals surface area contributed by atoms with Gasteiger partial charge >= 0.3 is 5.97 Å². The van der Waals surface area contributed by atoms with Crippen LogP contribution in [0.1, 0.15) is 39.0 Å². The van der Waals surface area contributed by atoms with Crippen LogP contribution in [0.3, 0.4) is 0 Å². The van der Waals surface area contributed by atoms with E-state index in [9.17, 15) is 34.2 Å². The highest BCUT2D eigenvalue weighted by atomic mass is 16.4. The smallest absolute Gasteiger partial charge is 0.326 e. The Morgan fingerprint density at radius 1 is 0.763 bits per heavy atom. The number of aliphatic hydroxyl groups excluding tert-OH is 1. The van der Waals surface area contributed by atoms with Crippen LogP contribution >= 0.6 is 0 Å². The molecular formula is C20H39N11O7. The first-order valence-corrected chi connectivity index (χ1v) is 11.6. The number of nitrogens with one attached hydrogen (secondary N) is 3. The highest BCUT2D eigenvalue weighted by Crippen LogP contribution is 2.05. The largest absolute Gasteiger partial charge is 0.480 e. The summed E-state index contributed by atoms with van der Waals surface area (Å²) < 4.78 is 0. The first kappa shape index (κ1) is 33.8. The number of carboxylic acids is 1. The number of aliphatic hydroxyl groups is 1. The molecule has 0 rings (SSSR count). The van der Waals surface area contributed by atoms with Gasteiger partial charge in [0, 0.05) is 13.1 Å². The van der Waals surface area contributed by atoms with E-state index in [0.29, 0.717) is 0 Å². The summed E-state index contributed by atoms with van der Waals surface area (Å²) in [5, 5.41) is 26.4. The Bertz CT molecular complexity index is 887. The first-order valence-electron chi connectivity index (χ1n) is 11.6. The number of hydrogen-bond acceptors (Lipinski definition) is 9. The van der Waals surface area contributed by atoms with Crippen molar-refractivity contribution in [3.05, 3.63) is 0 Å². The Kier molecular flexibility index (Phi) is 15.4. The molecule has 5 unspecified atom stereocenters. The molecule has 38 heavy (non-hydrogen) atoms. The molecule has 0 bridgehead atoms. The molecule has 0 aliphatic carbocycles. The van der Waals surface area contributed by atoms with Gasteiger partial charge in [0.1, 0.15) is 18.1 Å². The van der Waals surface area contributed by atoms with Crippen molar-refractivity contribution in [2.45, 2.75) is 69.3 Å². The topological polar surface area (TPSA) is 343 Å². The zero-order valence-corrected chi connectivity index (χ0v) is 21.1. The number of hydrogen-bond donors (Lipinski definition) is 11. The normalized spacial score (nSPS) is 14.5. The summed E-state index contributed by atoms with van der Waals surface area (Å²) >= 11 is 0. The van der Waals surface area contributed by atoms with Crippen LogP contribution in [0.5, 0.6) is 0 Å². The molecule has 0 aliphatic rings. The van der Waals surface area contributed by atoms with Crippen LogP contribution in [0.15, 0.2) is 9.98 Å². The van der Waals surface area contributed by atoms with Gasteiger partial charge < -0.3 is 60.6 Å². The van der Waals surface area contributed by atoms with E-state index in [-0.39, 0.29) is 50.7 Å². The van der Waals surface area contributed by atoms with Crippen molar-refractivity contribution >= 4 is 41.5 Å². The van der Waals surface area contributed by atoms with Crippen molar-refractivity contribution in [1.29, 1.82) is 0 Å². The molecule has 17 N–H and O–H groups in total. The lowest BCUT2D eigenvalue weighted by Crippen LogP contribution is -2.60. The van der Waals surface area contributed by atoms with E-state index in [4.69, 9.17) is 34.4 Å². The summed E-state index contributed by atoms with van der Waals surface area (Å²) in [6, 6.07) is -5.57. The summed E-state index contributed by atoms with van der Waals surface area (Å²) in [7, 11) is 0. The minimum atomic E-state index is -1.58. The number of carbonyl (C=O) groups is 5. The number of amides is 4. The van der Waals surface area contributed by atoms with Crippen molar-refractivity contribution in [2.24, 2.45) is 44.4 Å². The van der Waals surface area contributed by atoms with E-state index < -0.39 is 66.3 Å². The summed E-state index contributed by atoms with van der Waals surface area (Å²) in [4.78, 5) is 68.2. The average molecular weight is 546 g/mol. The maximum absolute atomic E-state index is 13.0. The van der Waals surface area contributed by atoms with Gasteiger partial charge in [-0.2, -0.15) is 0 Å². The van der Waals surface area contributed by atoms with E-state index in [2.05, 4.69) is 25.9 Å². The summed E-state index contributed by atoms with van der Waals surface area (Å²) in [6.45, 7) is 1.43. The lowest BCUT2D eigenvalue weighted by molar-refractivity contribution is -0.143. The number of carboxylic acid groups (broad SMARTS) is 1. The third-order valence-electron chi connectivity index (χ3n) is 4.96. The molecule has 5 atom stereocenters. The standard InChI is InChI=1S/C20H39N11O7/c1-9(32)14(17(36)30-12(18(37)38)5-3-7-28-20(25)26)31-16(35)11(4-2-6-27-19(23)24)29-15(34)10(21)8-13(22)33/h9-12,14,32H,2-8,21H2,1H3,(H2,22,33)(H,29,34)(H,30,36)(H,31,35)(H,37,38)(H4,23,24,27)(H4,25,26,28). The van der Waals surface area contributed by atoms with Crippen LogP contribution in [0.4, 0.5) is 0 Å². The van der Waals surface area contributed by atoms with E-state index in [1.807, 2.05) is 0 Å². The van der Waals surface area contributed by atoms with Crippen LogP contribution in [-0.2, 0) is 24.0 Å². The van der Waals surface area contributed by atoms with Crippen LogP contribution in [0.25, 0.3) is 0 Å². The van der Waals surface area contributed by atoms with Crippen molar-refractivity contribution in [2.75, 3.05) is 13.1 Å². The van der Waals surface area contributed by atoms with E-state index >= 15 is 0 Å². The van der Waals surface area contributed by atoms with Crippen LogP contribution in [-0.4, -0.2) is 95.1 Å². The van der Waals surface area contributed by atoms with Gasteiger partial charge in [0.25, 0.3) is 0 Å². The maximum Gasteiger partial charge on any atom is 0.326 e. The molecule has 0 heterocycles. The van der Waals surface area contributed by atoms with Crippen molar-refractivity contribution < 1.29 is 34.2 Å². The number of aliphatic imine (C=N–C) groups is 2. The number of rotatable bonds is 18. The Morgan fingerprint density at radius 3 is 1.66 bits per heavy atom. The summed E-state index contributed by atoms with van der Waals surface area (Å²) in [6.07, 6.45) is -1.56.